The fourth-order valence-electron chi connectivity index (χ4n) is 3.69. The SMILES string of the molecule is COc1ccc(CN2C[C@@H](OCc3cccnc3)CN(C(=O)c3ccccn3)CC2=O)cc1. The number of carbonyl (C=O) groups excluding carboxylic acids is 2. The van der Waals surface area contributed by atoms with Gasteiger partial charge in [0, 0.05) is 38.2 Å². The predicted molar refractivity (Wildman–Crippen MR) is 121 cm³/mol. The zero-order chi connectivity index (χ0) is 23.0. The molecule has 33 heavy (non-hydrogen) atoms. The van der Waals surface area contributed by atoms with E-state index in [-0.39, 0.29) is 24.5 Å². The van der Waals surface area contributed by atoms with Crippen LogP contribution in [0.25, 0.3) is 0 Å². The normalized spacial score (nSPS) is 16.4. The lowest BCUT2D eigenvalue weighted by Crippen LogP contribution is -2.40. The number of aromatic nitrogens is 2. The Morgan fingerprint density at radius 2 is 1.88 bits per heavy atom. The van der Waals surface area contributed by atoms with Gasteiger partial charge in [0.1, 0.15) is 18.0 Å². The van der Waals surface area contributed by atoms with E-state index in [0.717, 1.165) is 16.9 Å². The molecule has 4 rings (SSSR count). The summed E-state index contributed by atoms with van der Waals surface area (Å²) in [5.74, 6) is 0.332. The van der Waals surface area contributed by atoms with Gasteiger partial charge in [0.2, 0.25) is 5.91 Å². The van der Waals surface area contributed by atoms with Crippen molar-refractivity contribution < 1.29 is 19.1 Å². The summed E-state index contributed by atoms with van der Waals surface area (Å²) in [6, 6.07) is 16.5. The number of rotatable bonds is 7. The molecular weight excluding hydrogens is 420 g/mol. The molecule has 2 aromatic heterocycles. The summed E-state index contributed by atoms with van der Waals surface area (Å²) >= 11 is 0. The zero-order valence-electron chi connectivity index (χ0n) is 18.5. The minimum absolute atomic E-state index is 0.0294. The summed E-state index contributed by atoms with van der Waals surface area (Å²) < 4.78 is 11.4. The van der Waals surface area contributed by atoms with E-state index in [0.29, 0.717) is 31.9 Å². The number of pyridine rings is 2. The number of nitrogens with zero attached hydrogens (tertiary/aromatic N) is 4. The molecule has 1 fully saturated rings. The van der Waals surface area contributed by atoms with Crippen LogP contribution < -0.4 is 4.74 Å². The number of hydrogen-bond acceptors (Lipinski definition) is 6. The average molecular weight is 447 g/mol. The third kappa shape index (κ3) is 5.93. The molecule has 1 aliphatic heterocycles. The quantitative estimate of drug-likeness (QED) is 0.555. The topological polar surface area (TPSA) is 84.9 Å². The van der Waals surface area contributed by atoms with Gasteiger partial charge in [0.25, 0.3) is 5.91 Å². The van der Waals surface area contributed by atoms with Gasteiger partial charge in [0.15, 0.2) is 0 Å². The van der Waals surface area contributed by atoms with Crippen molar-refractivity contribution in [1.29, 1.82) is 0 Å². The number of methoxy groups -OCH3 is 1. The summed E-state index contributed by atoms with van der Waals surface area (Å²) in [5, 5.41) is 0. The largest absolute Gasteiger partial charge is 0.497 e. The van der Waals surface area contributed by atoms with Crippen molar-refractivity contribution in [3.63, 3.8) is 0 Å². The molecule has 8 heteroatoms. The lowest BCUT2D eigenvalue weighted by molar-refractivity contribution is -0.132. The Bertz CT molecular complexity index is 1060. The van der Waals surface area contributed by atoms with Gasteiger partial charge >= 0.3 is 0 Å². The number of amides is 2. The van der Waals surface area contributed by atoms with Gasteiger partial charge in [-0.1, -0.05) is 24.3 Å². The van der Waals surface area contributed by atoms with Crippen molar-refractivity contribution in [2.24, 2.45) is 0 Å². The molecule has 3 heterocycles. The Hall–Kier alpha value is -3.78. The number of benzene rings is 1. The van der Waals surface area contributed by atoms with Crippen LogP contribution in [0, 0.1) is 0 Å². The zero-order valence-corrected chi connectivity index (χ0v) is 18.5. The van der Waals surface area contributed by atoms with Crippen molar-refractivity contribution in [2.75, 3.05) is 26.7 Å². The van der Waals surface area contributed by atoms with Crippen LogP contribution in [0.4, 0.5) is 0 Å². The second kappa shape index (κ2) is 10.7. The molecule has 0 spiro atoms. The van der Waals surface area contributed by atoms with E-state index in [1.807, 2.05) is 36.4 Å². The molecule has 0 saturated carbocycles. The maximum Gasteiger partial charge on any atom is 0.273 e. The first-order valence-corrected chi connectivity index (χ1v) is 10.7. The molecule has 0 bridgehead atoms. The Morgan fingerprint density at radius 1 is 1.03 bits per heavy atom. The van der Waals surface area contributed by atoms with Crippen LogP contribution in [0.3, 0.4) is 0 Å². The van der Waals surface area contributed by atoms with Gasteiger partial charge in [-0.2, -0.15) is 0 Å². The van der Waals surface area contributed by atoms with Gasteiger partial charge in [0.05, 0.1) is 19.8 Å². The Balaban J connectivity index is 1.52. The molecule has 8 nitrogen and oxygen atoms in total. The molecule has 0 N–H and O–H groups in total. The second-order valence-electron chi connectivity index (χ2n) is 7.82. The molecule has 2 amide bonds. The van der Waals surface area contributed by atoms with E-state index in [2.05, 4.69) is 9.97 Å². The summed E-state index contributed by atoms with van der Waals surface area (Å²) in [7, 11) is 1.62. The highest BCUT2D eigenvalue weighted by Gasteiger charge is 2.31. The highest BCUT2D eigenvalue weighted by molar-refractivity contribution is 5.95. The van der Waals surface area contributed by atoms with Gasteiger partial charge in [-0.3, -0.25) is 19.6 Å². The number of hydrogen-bond donors (Lipinski definition) is 0. The van der Waals surface area contributed by atoms with Crippen LogP contribution in [0.5, 0.6) is 5.75 Å². The van der Waals surface area contributed by atoms with Gasteiger partial charge in [-0.05, 0) is 41.5 Å². The van der Waals surface area contributed by atoms with Crippen LogP contribution in [-0.4, -0.2) is 64.4 Å². The number of ether oxygens (including phenoxy) is 2. The molecule has 3 aromatic rings. The smallest absolute Gasteiger partial charge is 0.273 e. The second-order valence-corrected chi connectivity index (χ2v) is 7.82. The van der Waals surface area contributed by atoms with Crippen molar-refractivity contribution >= 4 is 11.8 Å². The molecule has 170 valence electrons. The Morgan fingerprint density at radius 3 is 2.58 bits per heavy atom. The Kier molecular flexibility index (Phi) is 7.26. The van der Waals surface area contributed by atoms with E-state index in [9.17, 15) is 9.59 Å². The fourth-order valence-corrected chi connectivity index (χ4v) is 3.69. The highest BCUT2D eigenvalue weighted by Crippen LogP contribution is 2.17. The monoisotopic (exact) mass is 446 g/mol. The summed E-state index contributed by atoms with van der Waals surface area (Å²) in [4.78, 5) is 37.7. The lowest BCUT2D eigenvalue weighted by atomic mass is 10.2. The van der Waals surface area contributed by atoms with Crippen molar-refractivity contribution in [1.82, 2.24) is 19.8 Å². The molecule has 1 aliphatic rings. The molecule has 0 unspecified atom stereocenters. The van der Waals surface area contributed by atoms with Gasteiger partial charge < -0.3 is 19.3 Å². The van der Waals surface area contributed by atoms with E-state index in [1.165, 1.54) is 4.90 Å². The summed E-state index contributed by atoms with van der Waals surface area (Å²) in [5.41, 5.74) is 2.21. The highest BCUT2D eigenvalue weighted by atomic mass is 16.5. The van der Waals surface area contributed by atoms with E-state index < -0.39 is 0 Å². The molecule has 0 aliphatic carbocycles. The molecule has 1 atom stereocenters. The molecule has 0 radical (unpaired) electrons. The Labute approximate surface area is 192 Å². The van der Waals surface area contributed by atoms with Crippen LogP contribution in [0.1, 0.15) is 21.6 Å². The van der Waals surface area contributed by atoms with Crippen molar-refractivity contribution in [3.05, 3.63) is 90.0 Å². The maximum absolute atomic E-state index is 13.1. The predicted octanol–water partition coefficient (Wildman–Crippen LogP) is 2.56. The molecular formula is C25H26N4O4. The minimum atomic E-state index is -0.359. The first-order valence-electron chi connectivity index (χ1n) is 10.7. The van der Waals surface area contributed by atoms with Crippen LogP contribution in [0.15, 0.2) is 73.2 Å². The molecule has 1 aromatic carbocycles. The fraction of sp³-hybridized carbons (Fsp3) is 0.280. The first-order chi connectivity index (χ1) is 16.1. The van der Waals surface area contributed by atoms with Crippen molar-refractivity contribution in [2.45, 2.75) is 19.3 Å². The first kappa shape index (κ1) is 22.4. The average Bonchev–Trinajstić information content (AvgIpc) is 3.02. The number of carbonyl (C=O) groups is 2. The maximum atomic E-state index is 13.1. The molecule has 1 saturated heterocycles. The van der Waals surface area contributed by atoms with Crippen LogP contribution in [0.2, 0.25) is 0 Å². The third-order valence-corrected chi connectivity index (χ3v) is 5.44. The van der Waals surface area contributed by atoms with Crippen LogP contribution >= 0.6 is 0 Å². The van der Waals surface area contributed by atoms with E-state index >= 15 is 0 Å². The van der Waals surface area contributed by atoms with Gasteiger partial charge in [-0.25, -0.2) is 0 Å². The standard InChI is InChI=1S/C25H26N4O4/c1-32-21-9-7-19(8-10-21)14-28-15-22(33-18-20-5-4-11-26-13-20)16-29(17-24(28)30)25(31)23-6-2-3-12-27-23/h2-13,22H,14-18H2,1H3/t22-/m1/s1. The van der Waals surface area contributed by atoms with E-state index in [4.69, 9.17) is 9.47 Å². The van der Waals surface area contributed by atoms with E-state index in [1.54, 1.807) is 48.8 Å². The third-order valence-electron chi connectivity index (χ3n) is 5.44. The van der Waals surface area contributed by atoms with Crippen molar-refractivity contribution in [3.8, 4) is 5.75 Å². The minimum Gasteiger partial charge on any atom is -0.497 e. The summed E-state index contributed by atoms with van der Waals surface area (Å²) in [6.45, 7) is 1.39. The summed E-state index contributed by atoms with van der Waals surface area (Å²) in [6.07, 6.45) is 4.66. The van der Waals surface area contributed by atoms with Gasteiger partial charge in [-0.15, -0.1) is 0 Å². The van der Waals surface area contributed by atoms with Crippen LogP contribution in [-0.2, 0) is 22.7 Å². The lowest BCUT2D eigenvalue weighted by Gasteiger charge is -2.25.